The van der Waals surface area contributed by atoms with Crippen LogP contribution in [0.5, 0.6) is 5.75 Å². The summed E-state index contributed by atoms with van der Waals surface area (Å²) in [5, 5.41) is 3.20. The molecule has 1 aromatic rings. The summed E-state index contributed by atoms with van der Waals surface area (Å²) in [5.41, 5.74) is 5.92. The lowest BCUT2D eigenvalue weighted by molar-refractivity contribution is -0.119. The lowest BCUT2D eigenvalue weighted by Gasteiger charge is -2.10. The van der Waals surface area contributed by atoms with Crippen molar-refractivity contribution >= 4 is 29.9 Å². The first-order valence-electron chi connectivity index (χ1n) is 4.47. The molecule has 0 aliphatic heterocycles. The van der Waals surface area contributed by atoms with Crippen LogP contribution < -0.4 is 15.8 Å². The maximum Gasteiger partial charge on any atom is 0.234 e. The van der Waals surface area contributed by atoms with Gasteiger partial charge < -0.3 is 15.8 Å². The summed E-state index contributed by atoms with van der Waals surface area (Å²) in [7, 11) is 1.56. The number of nitrogens with one attached hydrogen (secondary N) is 1. The van der Waals surface area contributed by atoms with E-state index in [0.29, 0.717) is 17.3 Å². The quantitative estimate of drug-likeness (QED) is 0.863. The third-order valence-corrected chi connectivity index (χ3v) is 2.30. The SMILES string of the molecule is COc1cccc(Cl)c1CNC(=O)CN.Cl. The highest BCUT2D eigenvalue weighted by Crippen LogP contribution is 2.25. The molecule has 0 aromatic heterocycles. The summed E-state index contributed by atoms with van der Waals surface area (Å²) in [6, 6.07) is 5.32. The van der Waals surface area contributed by atoms with Gasteiger partial charge in [-0.25, -0.2) is 0 Å². The van der Waals surface area contributed by atoms with E-state index in [4.69, 9.17) is 22.1 Å². The minimum absolute atomic E-state index is 0. The number of ether oxygens (including phenoxy) is 1. The molecule has 90 valence electrons. The van der Waals surface area contributed by atoms with E-state index in [2.05, 4.69) is 5.32 Å². The molecule has 3 N–H and O–H groups in total. The van der Waals surface area contributed by atoms with Gasteiger partial charge in [-0.3, -0.25) is 4.79 Å². The second kappa shape index (κ2) is 7.33. The average molecular weight is 265 g/mol. The van der Waals surface area contributed by atoms with Gasteiger partial charge in [0.25, 0.3) is 0 Å². The number of carbonyl (C=O) groups excluding carboxylic acids is 1. The van der Waals surface area contributed by atoms with Crippen LogP contribution >= 0.6 is 24.0 Å². The molecule has 1 amide bonds. The number of halogens is 2. The van der Waals surface area contributed by atoms with Crippen molar-refractivity contribution in [3.8, 4) is 5.75 Å². The Kier molecular flexibility index (Phi) is 6.88. The van der Waals surface area contributed by atoms with Crippen LogP contribution in [0.1, 0.15) is 5.56 Å². The Labute approximate surface area is 106 Å². The summed E-state index contributed by atoms with van der Waals surface area (Å²) in [6.45, 7) is 0.283. The van der Waals surface area contributed by atoms with Crippen molar-refractivity contribution in [3.63, 3.8) is 0 Å². The fourth-order valence-electron chi connectivity index (χ4n) is 1.16. The van der Waals surface area contributed by atoms with E-state index in [-0.39, 0.29) is 24.9 Å². The summed E-state index contributed by atoms with van der Waals surface area (Å²) in [4.78, 5) is 11.0. The predicted molar refractivity (Wildman–Crippen MR) is 66.2 cm³/mol. The standard InChI is InChI=1S/C10H13ClN2O2.ClH/c1-15-9-4-2-3-8(11)7(9)6-13-10(14)5-12;/h2-4H,5-6,12H2,1H3,(H,13,14);1H. The number of methoxy groups -OCH3 is 1. The van der Waals surface area contributed by atoms with Gasteiger partial charge in [0, 0.05) is 17.1 Å². The van der Waals surface area contributed by atoms with Crippen LogP contribution in [0.3, 0.4) is 0 Å². The van der Waals surface area contributed by atoms with Crippen molar-refractivity contribution in [2.45, 2.75) is 6.54 Å². The predicted octanol–water partition coefficient (Wildman–Crippen LogP) is 1.35. The molecule has 0 bridgehead atoms. The fraction of sp³-hybridized carbons (Fsp3) is 0.300. The number of carbonyl (C=O) groups is 1. The summed E-state index contributed by atoms with van der Waals surface area (Å²) < 4.78 is 5.13. The Morgan fingerprint density at radius 1 is 1.56 bits per heavy atom. The second-order valence-electron chi connectivity index (χ2n) is 2.90. The number of benzene rings is 1. The van der Waals surface area contributed by atoms with Gasteiger partial charge in [-0.15, -0.1) is 12.4 Å². The number of hydrogen-bond donors (Lipinski definition) is 2. The van der Waals surface area contributed by atoms with Crippen molar-refractivity contribution in [2.24, 2.45) is 5.73 Å². The van der Waals surface area contributed by atoms with E-state index in [1.54, 1.807) is 25.3 Å². The number of amides is 1. The highest BCUT2D eigenvalue weighted by Gasteiger charge is 2.08. The molecule has 0 fully saturated rings. The van der Waals surface area contributed by atoms with Crippen molar-refractivity contribution in [3.05, 3.63) is 28.8 Å². The van der Waals surface area contributed by atoms with Crippen LogP contribution in [-0.2, 0) is 11.3 Å². The average Bonchev–Trinajstić information content (AvgIpc) is 2.26. The number of rotatable bonds is 4. The van der Waals surface area contributed by atoms with E-state index in [9.17, 15) is 4.79 Å². The van der Waals surface area contributed by atoms with E-state index in [1.165, 1.54) is 0 Å². The van der Waals surface area contributed by atoms with Gasteiger partial charge in [0.15, 0.2) is 0 Å². The first-order chi connectivity index (χ1) is 7.19. The van der Waals surface area contributed by atoms with Crippen molar-refractivity contribution in [1.29, 1.82) is 0 Å². The zero-order chi connectivity index (χ0) is 11.3. The molecular weight excluding hydrogens is 251 g/mol. The molecule has 4 nitrogen and oxygen atoms in total. The molecule has 0 radical (unpaired) electrons. The van der Waals surface area contributed by atoms with E-state index < -0.39 is 0 Å². The monoisotopic (exact) mass is 264 g/mol. The molecule has 0 heterocycles. The highest BCUT2D eigenvalue weighted by molar-refractivity contribution is 6.31. The molecule has 0 saturated heterocycles. The van der Waals surface area contributed by atoms with Gasteiger partial charge in [0.2, 0.25) is 5.91 Å². The zero-order valence-corrected chi connectivity index (χ0v) is 10.4. The molecule has 0 atom stereocenters. The topological polar surface area (TPSA) is 64.3 Å². The van der Waals surface area contributed by atoms with Gasteiger partial charge >= 0.3 is 0 Å². The molecule has 6 heteroatoms. The normalized spacial score (nSPS) is 9.19. The Morgan fingerprint density at radius 2 is 2.25 bits per heavy atom. The molecule has 0 unspecified atom stereocenters. The van der Waals surface area contributed by atoms with Crippen molar-refractivity contribution < 1.29 is 9.53 Å². The third kappa shape index (κ3) is 3.89. The lowest BCUT2D eigenvalue weighted by atomic mass is 10.2. The van der Waals surface area contributed by atoms with Gasteiger partial charge in [0.05, 0.1) is 13.7 Å². The molecule has 0 spiro atoms. The van der Waals surface area contributed by atoms with Crippen LogP contribution in [0.4, 0.5) is 0 Å². The highest BCUT2D eigenvalue weighted by atomic mass is 35.5. The largest absolute Gasteiger partial charge is 0.496 e. The number of hydrogen-bond acceptors (Lipinski definition) is 3. The Balaban J connectivity index is 0.00000225. The molecule has 1 rings (SSSR count). The summed E-state index contributed by atoms with van der Waals surface area (Å²) in [6.07, 6.45) is 0. The molecule has 0 saturated carbocycles. The van der Waals surface area contributed by atoms with Crippen LogP contribution in [0.15, 0.2) is 18.2 Å². The molecule has 0 aliphatic rings. The first-order valence-corrected chi connectivity index (χ1v) is 4.85. The Hall–Kier alpha value is -0.970. The first kappa shape index (κ1) is 15.0. The fourth-order valence-corrected chi connectivity index (χ4v) is 1.39. The molecular formula is C10H14Cl2N2O2. The van der Waals surface area contributed by atoms with Gasteiger partial charge in [-0.2, -0.15) is 0 Å². The minimum Gasteiger partial charge on any atom is -0.496 e. The lowest BCUT2D eigenvalue weighted by Crippen LogP contribution is -2.29. The molecule has 0 aliphatic carbocycles. The van der Waals surface area contributed by atoms with E-state index in [1.807, 2.05) is 0 Å². The second-order valence-corrected chi connectivity index (χ2v) is 3.31. The Morgan fingerprint density at radius 3 is 2.81 bits per heavy atom. The van der Waals surface area contributed by atoms with E-state index in [0.717, 1.165) is 5.56 Å². The van der Waals surface area contributed by atoms with Crippen LogP contribution in [0.25, 0.3) is 0 Å². The minimum atomic E-state index is -0.225. The number of nitrogens with two attached hydrogens (primary N) is 1. The van der Waals surface area contributed by atoms with Crippen LogP contribution in [0, 0.1) is 0 Å². The van der Waals surface area contributed by atoms with Gasteiger partial charge in [-0.1, -0.05) is 17.7 Å². The van der Waals surface area contributed by atoms with Crippen LogP contribution in [-0.4, -0.2) is 19.6 Å². The van der Waals surface area contributed by atoms with Crippen molar-refractivity contribution in [2.75, 3.05) is 13.7 Å². The maximum atomic E-state index is 11.0. The Bertz CT molecular complexity index is 359. The van der Waals surface area contributed by atoms with Crippen LogP contribution in [0.2, 0.25) is 5.02 Å². The molecule has 1 aromatic carbocycles. The van der Waals surface area contributed by atoms with Crippen molar-refractivity contribution in [1.82, 2.24) is 5.32 Å². The van der Waals surface area contributed by atoms with Gasteiger partial charge in [-0.05, 0) is 12.1 Å². The van der Waals surface area contributed by atoms with Gasteiger partial charge in [0.1, 0.15) is 5.75 Å². The summed E-state index contributed by atoms with van der Waals surface area (Å²) >= 11 is 5.97. The molecule has 16 heavy (non-hydrogen) atoms. The zero-order valence-electron chi connectivity index (χ0n) is 8.83. The van der Waals surface area contributed by atoms with E-state index >= 15 is 0 Å². The maximum absolute atomic E-state index is 11.0. The summed E-state index contributed by atoms with van der Waals surface area (Å²) in [5.74, 6) is 0.428. The third-order valence-electron chi connectivity index (χ3n) is 1.94. The smallest absolute Gasteiger partial charge is 0.234 e.